The number of amides is 11. The maximum Gasteiger partial charge on any atom is 0.322 e. The maximum absolute atomic E-state index is 12.8. The fraction of sp³-hybridized carbons (Fsp3) is 0.167. The molecule has 0 aliphatic carbocycles. The van der Waals surface area contributed by atoms with Gasteiger partial charge in [-0.3, -0.25) is 71.9 Å². The van der Waals surface area contributed by atoms with Gasteiger partial charge in [0.25, 0.3) is 0 Å². The standard InChI is InChI=1S/C54H56N12O19/c55-22-46(73)64-37-16-31(1-7-40(67)56-23-47(74)58-25-49(76)65-38-18-33(3-9-42(69)60-27-51(78)79)14-34(19-38)4-10-43(70)61-28-52(80)81)13-32(17-37)2-8-41(68)57-24-48(75)59-26-50(77)66-39-20-35(5-11-44(71)62-29-53(82)83)15-36(21-39)6-12-45(72)63-30-54(84)85/h1-21H,22-30,55H2,(H,56,67)(H,57,68)(H,58,74)(H,59,75)(H,60,69)(H,61,70)(H,62,71)(H,63,72)(H,64,73)(H,65,76)(H,66,77)(H,78,79)(H,80,81)(H,82,83)(H,84,85)/b7-1+,8-2+,9-3+,10-4+,11-5+,12-6+. The maximum atomic E-state index is 12.8. The average molecular weight is 1180 g/mol. The number of benzene rings is 3. The first-order valence-electron chi connectivity index (χ1n) is 24.5. The number of hydrogen-bond donors (Lipinski definition) is 16. The largest absolute Gasteiger partial charge is 0.480 e. The highest BCUT2D eigenvalue weighted by atomic mass is 16.4. The van der Waals surface area contributed by atoms with Crippen LogP contribution in [-0.4, -0.2) is 168 Å². The molecule has 0 radical (unpaired) electrons. The summed E-state index contributed by atoms with van der Waals surface area (Å²) >= 11 is 0. The Bertz CT molecular complexity index is 2970. The molecule has 3 rings (SSSR count). The van der Waals surface area contributed by atoms with Crippen molar-refractivity contribution >= 4 is 142 Å². The zero-order valence-electron chi connectivity index (χ0n) is 44.5. The van der Waals surface area contributed by atoms with Crippen molar-refractivity contribution in [3.05, 3.63) is 124 Å². The molecule has 31 heteroatoms. The molecule has 0 aliphatic rings. The summed E-state index contributed by atoms with van der Waals surface area (Å²) in [4.78, 5) is 180. The van der Waals surface area contributed by atoms with Gasteiger partial charge in [0, 0.05) is 53.5 Å². The minimum absolute atomic E-state index is 0.116. The van der Waals surface area contributed by atoms with Gasteiger partial charge in [-0.15, -0.1) is 0 Å². The van der Waals surface area contributed by atoms with Crippen LogP contribution in [0.25, 0.3) is 36.5 Å². The third-order valence-corrected chi connectivity index (χ3v) is 9.93. The first-order chi connectivity index (χ1) is 40.3. The van der Waals surface area contributed by atoms with Crippen molar-refractivity contribution in [3.8, 4) is 0 Å². The smallest absolute Gasteiger partial charge is 0.322 e. The molecule has 3 aromatic carbocycles. The van der Waals surface area contributed by atoms with E-state index in [1.807, 2.05) is 0 Å². The van der Waals surface area contributed by atoms with Gasteiger partial charge in [0.15, 0.2) is 0 Å². The fourth-order valence-electron chi connectivity index (χ4n) is 6.30. The van der Waals surface area contributed by atoms with Gasteiger partial charge in [0.2, 0.25) is 65.0 Å². The van der Waals surface area contributed by atoms with Crippen molar-refractivity contribution in [1.29, 1.82) is 0 Å². The van der Waals surface area contributed by atoms with Crippen LogP contribution in [0.1, 0.15) is 33.4 Å². The molecule has 0 heterocycles. The molecule has 0 aliphatic heterocycles. The predicted octanol–water partition coefficient (Wildman–Crippen LogP) is -2.79. The third kappa shape index (κ3) is 30.3. The highest BCUT2D eigenvalue weighted by molar-refractivity contribution is 6.01. The Labute approximate surface area is 481 Å². The number of carboxylic acid groups (broad SMARTS) is 4. The Morgan fingerprint density at radius 1 is 0.282 bits per heavy atom. The van der Waals surface area contributed by atoms with Crippen molar-refractivity contribution in [2.75, 3.05) is 74.9 Å². The average Bonchev–Trinajstić information content (AvgIpc) is 3.62. The quantitative estimate of drug-likeness (QED) is 0.0281. The second kappa shape index (κ2) is 35.7. The number of carboxylic acids is 4. The van der Waals surface area contributed by atoms with Gasteiger partial charge in [0.1, 0.15) is 26.2 Å². The van der Waals surface area contributed by atoms with Crippen LogP contribution in [0.4, 0.5) is 17.1 Å². The molecule has 0 spiro atoms. The number of nitrogens with one attached hydrogen (secondary N) is 11. The van der Waals surface area contributed by atoms with E-state index in [2.05, 4.69) is 58.5 Å². The summed E-state index contributed by atoms with van der Waals surface area (Å²) in [5, 5.41) is 60.6. The number of aliphatic carboxylic acids is 4. The van der Waals surface area contributed by atoms with E-state index in [0.29, 0.717) is 33.4 Å². The predicted molar refractivity (Wildman–Crippen MR) is 303 cm³/mol. The summed E-state index contributed by atoms with van der Waals surface area (Å²) in [5.74, 6) is -13.4. The van der Waals surface area contributed by atoms with Crippen LogP contribution in [0.15, 0.2) is 91.1 Å². The van der Waals surface area contributed by atoms with E-state index in [-0.39, 0.29) is 17.1 Å². The fourth-order valence-corrected chi connectivity index (χ4v) is 6.30. The molecule has 0 saturated carbocycles. The second-order valence-corrected chi connectivity index (χ2v) is 16.9. The monoisotopic (exact) mass is 1180 g/mol. The number of nitrogens with two attached hydrogens (primary N) is 1. The summed E-state index contributed by atoms with van der Waals surface area (Å²) in [6.45, 7) is -5.38. The van der Waals surface area contributed by atoms with E-state index in [1.54, 1.807) is 0 Å². The molecule has 85 heavy (non-hydrogen) atoms. The van der Waals surface area contributed by atoms with Crippen LogP contribution in [0.2, 0.25) is 0 Å². The van der Waals surface area contributed by atoms with Crippen molar-refractivity contribution in [3.63, 3.8) is 0 Å². The van der Waals surface area contributed by atoms with Crippen molar-refractivity contribution in [2.45, 2.75) is 0 Å². The van der Waals surface area contributed by atoms with Gasteiger partial charge in [-0.05, 0) is 124 Å². The molecule has 0 aromatic heterocycles. The van der Waals surface area contributed by atoms with E-state index in [9.17, 15) is 71.9 Å². The molecular formula is C54H56N12O19. The Morgan fingerprint density at radius 2 is 0.482 bits per heavy atom. The van der Waals surface area contributed by atoms with E-state index in [1.165, 1.54) is 91.1 Å². The van der Waals surface area contributed by atoms with Crippen LogP contribution in [-0.2, 0) is 71.9 Å². The number of carbonyl (C=O) groups is 15. The summed E-state index contributed by atoms with van der Waals surface area (Å²) < 4.78 is 0. The highest BCUT2D eigenvalue weighted by Crippen LogP contribution is 2.20. The molecule has 3 aromatic rings. The lowest BCUT2D eigenvalue weighted by atomic mass is 10.1. The highest BCUT2D eigenvalue weighted by Gasteiger charge is 2.13. The molecule has 11 amide bonds. The molecule has 446 valence electrons. The molecule has 17 N–H and O–H groups in total. The van der Waals surface area contributed by atoms with Crippen LogP contribution < -0.4 is 64.2 Å². The number of rotatable bonds is 32. The van der Waals surface area contributed by atoms with Gasteiger partial charge in [0.05, 0.1) is 32.7 Å². The zero-order chi connectivity index (χ0) is 62.8. The van der Waals surface area contributed by atoms with Gasteiger partial charge in [-0.1, -0.05) is 0 Å². The Morgan fingerprint density at radius 3 is 0.694 bits per heavy atom. The van der Waals surface area contributed by atoms with Crippen molar-refractivity contribution in [1.82, 2.24) is 42.5 Å². The van der Waals surface area contributed by atoms with E-state index >= 15 is 0 Å². The van der Waals surface area contributed by atoms with Crippen LogP contribution >= 0.6 is 0 Å². The number of carbonyl (C=O) groups excluding carboxylic acids is 11. The molecule has 0 fully saturated rings. The van der Waals surface area contributed by atoms with E-state index in [0.717, 1.165) is 36.5 Å². The minimum atomic E-state index is -1.28. The topological polar surface area (TPSA) is 495 Å². The molecule has 0 unspecified atom stereocenters. The lowest BCUT2D eigenvalue weighted by Crippen LogP contribution is -2.39. The number of hydrogen-bond acceptors (Lipinski definition) is 16. The normalized spacial score (nSPS) is 11.0. The zero-order valence-corrected chi connectivity index (χ0v) is 44.5. The lowest BCUT2D eigenvalue weighted by Gasteiger charge is -2.10. The minimum Gasteiger partial charge on any atom is -0.480 e. The number of anilines is 3. The summed E-state index contributed by atoms with van der Waals surface area (Å²) in [6, 6.07) is 13.0. The lowest BCUT2D eigenvalue weighted by molar-refractivity contribution is -0.137. The Kier molecular flexibility index (Phi) is 28.3. The summed E-state index contributed by atoms with van der Waals surface area (Å²) in [5.41, 5.74) is 7.66. The van der Waals surface area contributed by atoms with E-state index in [4.69, 9.17) is 26.2 Å². The van der Waals surface area contributed by atoms with Crippen molar-refractivity contribution in [2.24, 2.45) is 5.73 Å². The summed E-state index contributed by atoms with van der Waals surface area (Å²) in [6.07, 6.45) is 13.9. The van der Waals surface area contributed by atoms with Crippen LogP contribution in [0.3, 0.4) is 0 Å². The van der Waals surface area contributed by atoms with Crippen molar-refractivity contribution < 1.29 is 92.3 Å². The molecule has 0 bridgehead atoms. The van der Waals surface area contributed by atoms with Crippen LogP contribution in [0.5, 0.6) is 0 Å². The molecule has 0 saturated heterocycles. The first kappa shape index (κ1) is 67.4. The van der Waals surface area contributed by atoms with Gasteiger partial charge in [-0.25, -0.2) is 0 Å². The molecule has 0 atom stereocenters. The van der Waals surface area contributed by atoms with Gasteiger partial charge in [-0.2, -0.15) is 0 Å². The summed E-state index contributed by atoms with van der Waals surface area (Å²) in [7, 11) is 0. The third-order valence-electron chi connectivity index (χ3n) is 9.93. The SMILES string of the molecule is NCC(=O)Nc1cc(/C=C/C(=O)NCC(=O)NCC(=O)Nc2cc(/C=C/C(=O)NCC(=O)O)cc(/C=C/C(=O)NCC(=O)O)c2)cc(/C=C/C(=O)NCC(=O)NCC(=O)Nc2cc(/C=C/C(=O)NCC(=O)O)cc(/C=C/C(=O)NCC(=O)O)c2)c1. The van der Waals surface area contributed by atoms with Gasteiger partial charge >= 0.3 is 23.9 Å². The van der Waals surface area contributed by atoms with E-state index < -0.39 is 148 Å². The second-order valence-electron chi connectivity index (χ2n) is 16.9. The first-order valence-corrected chi connectivity index (χ1v) is 24.5. The van der Waals surface area contributed by atoms with Gasteiger partial charge < -0.3 is 84.6 Å². The molecular weight excluding hydrogens is 1120 g/mol. The Hall–Kier alpha value is -11.9. The van der Waals surface area contributed by atoms with Crippen LogP contribution in [0, 0.1) is 0 Å². The Balaban J connectivity index is 1.59. The molecule has 31 nitrogen and oxygen atoms in total.